The van der Waals surface area contributed by atoms with E-state index in [9.17, 15) is 0 Å². The highest BCUT2D eigenvalue weighted by Gasteiger charge is 2.25. The van der Waals surface area contributed by atoms with E-state index in [1.807, 2.05) is 0 Å². The van der Waals surface area contributed by atoms with Crippen molar-refractivity contribution in [3.63, 3.8) is 0 Å². The Bertz CT molecular complexity index is 2930. The number of nitrogens with zero attached hydrogens (tertiary/aromatic N) is 2. The van der Waals surface area contributed by atoms with Crippen LogP contribution in [0.3, 0.4) is 0 Å². The van der Waals surface area contributed by atoms with E-state index in [0.29, 0.717) is 0 Å². The van der Waals surface area contributed by atoms with Gasteiger partial charge in [0, 0.05) is 27.7 Å². The van der Waals surface area contributed by atoms with Crippen LogP contribution < -0.4 is 4.90 Å². The van der Waals surface area contributed by atoms with Crippen LogP contribution in [-0.2, 0) is 0 Å². The topological polar surface area (TPSA) is 8.17 Å². The molecular weight excluding hydrogens is 677 g/mol. The van der Waals surface area contributed by atoms with Crippen molar-refractivity contribution in [1.29, 1.82) is 0 Å². The molecule has 0 unspecified atom stereocenters. The Hall–Kier alpha value is -7.42. The Kier molecular flexibility index (Phi) is 8.55. The zero-order chi connectivity index (χ0) is 37.3. The Labute approximate surface area is 327 Å². The van der Waals surface area contributed by atoms with Gasteiger partial charge < -0.3 is 9.47 Å². The third kappa shape index (κ3) is 5.85. The van der Waals surface area contributed by atoms with Crippen molar-refractivity contribution in [1.82, 2.24) is 4.57 Å². The summed E-state index contributed by atoms with van der Waals surface area (Å²) in [5.74, 6) is 0. The summed E-state index contributed by atoms with van der Waals surface area (Å²) >= 11 is 0. The maximum absolute atomic E-state index is 2.46. The summed E-state index contributed by atoms with van der Waals surface area (Å²) in [4.78, 5) is 2.46. The van der Waals surface area contributed by atoms with E-state index in [-0.39, 0.29) is 0 Å². The molecule has 0 amide bonds. The first-order valence-electron chi connectivity index (χ1n) is 19.2. The third-order valence-electron chi connectivity index (χ3n) is 10.8. The van der Waals surface area contributed by atoms with E-state index in [2.05, 4.69) is 240 Å². The van der Waals surface area contributed by atoms with Gasteiger partial charge in [-0.05, 0) is 87.5 Å². The molecule has 0 saturated carbocycles. The molecule has 1 heterocycles. The molecule has 2 heteroatoms. The molecule has 1 aromatic heterocycles. The lowest BCUT2D eigenvalue weighted by Gasteiger charge is -2.30. The molecule has 56 heavy (non-hydrogen) atoms. The Morgan fingerprint density at radius 3 is 1.48 bits per heavy atom. The summed E-state index contributed by atoms with van der Waals surface area (Å²) in [6.07, 6.45) is 0. The highest BCUT2D eigenvalue weighted by molar-refractivity contribution is 6.17. The fourth-order valence-corrected chi connectivity index (χ4v) is 8.34. The molecule has 0 bridgehead atoms. The predicted molar refractivity (Wildman–Crippen MR) is 237 cm³/mol. The SMILES string of the molecule is c1ccc(-c2ccc(-n3c4ccccc4c4c(N(c5ccccc5)c5cccc(-c6ccccc6)c5-c5ccccc5)cccc43)cc2-c2ccccc2)cc1. The maximum atomic E-state index is 2.46. The van der Waals surface area contributed by atoms with Gasteiger partial charge in [-0.25, -0.2) is 0 Å². The molecule has 0 aliphatic carbocycles. The first kappa shape index (κ1) is 33.2. The van der Waals surface area contributed by atoms with Crippen LogP contribution in [0.1, 0.15) is 0 Å². The molecular formula is C54H38N2. The van der Waals surface area contributed by atoms with Crippen molar-refractivity contribution in [2.45, 2.75) is 0 Å². The largest absolute Gasteiger partial charge is 0.309 e. The highest BCUT2D eigenvalue weighted by atomic mass is 15.2. The van der Waals surface area contributed by atoms with Crippen LogP contribution in [0.5, 0.6) is 0 Å². The van der Waals surface area contributed by atoms with Gasteiger partial charge in [-0.3, -0.25) is 0 Å². The van der Waals surface area contributed by atoms with Crippen LogP contribution in [0.4, 0.5) is 17.1 Å². The van der Waals surface area contributed by atoms with Crippen LogP contribution in [0.25, 0.3) is 72.0 Å². The zero-order valence-corrected chi connectivity index (χ0v) is 30.8. The molecule has 264 valence electrons. The van der Waals surface area contributed by atoms with Crippen molar-refractivity contribution in [2.24, 2.45) is 0 Å². The number of hydrogen-bond donors (Lipinski definition) is 0. The van der Waals surface area contributed by atoms with E-state index in [1.54, 1.807) is 0 Å². The second-order valence-corrected chi connectivity index (χ2v) is 14.1. The number of para-hydroxylation sites is 2. The standard InChI is InChI=1S/C54H38N2/c1-6-20-39(21-7-1)45-37-36-44(38-48(45)41-24-10-3-11-25-41)56-49-32-17-16-30-47(49)54-51(34-19-35-52(54)56)55(43-28-14-5-15-29-43)50-33-18-31-46(40-22-8-2-9-23-40)53(50)42-26-12-4-13-27-42/h1-38H. The van der Waals surface area contributed by atoms with Gasteiger partial charge in [0.2, 0.25) is 0 Å². The third-order valence-corrected chi connectivity index (χ3v) is 10.8. The van der Waals surface area contributed by atoms with E-state index in [0.717, 1.165) is 33.8 Å². The fraction of sp³-hybridized carbons (Fsp3) is 0. The monoisotopic (exact) mass is 714 g/mol. The minimum atomic E-state index is 1.10. The van der Waals surface area contributed by atoms with Gasteiger partial charge in [0.25, 0.3) is 0 Å². The summed E-state index contributed by atoms with van der Waals surface area (Å²) < 4.78 is 2.44. The maximum Gasteiger partial charge on any atom is 0.0562 e. The van der Waals surface area contributed by atoms with E-state index < -0.39 is 0 Å². The summed E-state index contributed by atoms with van der Waals surface area (Å²) in [6, 6.07) is 83.1. The smallest absolute Gasteiger partial charge is 0.0562 e. The van der Waals surface area contributed by atoms with Crippen LogP contribution in [-0.4, -0.2) is 4.57 Å². The van der Waals surface area contributed by atoms with E-state index >= 15 is 0 Å². The average Bonchev–Trinajstić information content (AvgIpc) is 3.63. The van der Waals surface area contributed by atoms with Crippen molar-refractivity contribution >= 4 is 38.9 Å². The molecule has 9 aromatic carbocycles. The average molecular weight is 715 g/mol. The van der Waals surface area contributed by atoms with Crippen LogP contribution >= 0.6 is 0 Å². The Balaban J connectivity index is 1.26. The van der Waals surface area contributed by atoms with E-state index in [4.69, 9.17) is 0 Å². The van der Waals surface area contributed by atoms with Gasteiger partial charge in [-0.2, -0.15) is 0 Å². The molecule has 0 N–H and O–H groups in total. The van der Waals surface area contributed by atoms with Gasteiger partial charge in [-0.1, -0.05) is 182 Å². The number of aromatic nitrogens is 1. The lowest BCUT2D eigenvalue weighted by atomic mass is 9.92. The number of anilines is 3. The van der Waals surface area contributed by atoms with Gasteiger partial charge in [0.15, 0.2) is 0 Å². The predicted octanol–water partition coefficient (Wildman–Crippen LogP) is 14.9. The molecule has 0 atom stereocenters. The van der Waals surface area contributed by atoms with Crippen LogP contribution in [0, 0.1) is 0 Å². The van der Waals surface area contributed by atoms with Crippen molar-refractivity contribution in [3.8, 4) is 50.2 Å². The van der Waals surface area contributed by atoms with Crippen LogP contribution in [0.2, 0.25) is 0 Å². The van der Waals surface area contributed by atoms with Crippen LogP contribution in [0.15, 0.2) is 231 Å². The second-order valence-electron chi connectivity index (χ2n) is 14.1. The summed E-state index contributed by atoms with van der Waals surface area (Å²) in [5.41, 5.74) is 16.3. The van der Waals surface area contributed by atoms with Gasteiger partial charge >= 0.3 is 0 Å². The molecule has 0 aliphatic heterocycles. The molecule has 2 nitrogen and oxygen atoms in total. The summed E-state index contributed by atoms with van der Waals surface area (Å²) in [5, 5.41) is 2.40. The summed E-state index contributed by atoms with van der Waals surface area (Å²) in [6.45, 7) is 0. The van der Waals surface area contributed by atoms with Gasteiger partial charge in [0.1, 0.15) is 0 Å². The number of hydrogen-bond acceptors (Lipinski definition) is 1. The number of rotatable bonds is 8. The molecule has 0 radical (unpaired) electrons. The first-order chi connectivity index (χ1) is 27.8. The van der Waals surface area contributed by atoms with Gasteiger partial charge in [0.05, 0.1) is 22.4 Å². The molecule has 10 rings (SSSR count). The molecule has 0 spiro atoms. The molecule has 0 fully saturated rings. The number of fused-ring (bicyclic) bond motifs is 3. The lowest BCUT2D eigenvalue weighted by molar-refractivity contribution is 1.18. The van der Waals surface area contributed by atoms with Crippen molar-refractivity contribution in [3.05, 3.63) is 231 Å². The zero-order valence-electron chi connectivity index (χ0n) is 30.8. The second kappa shape index (κ2) is 14.4. The minimum absolute atomic E-state index is 1.10. The quantitative estimate of drug-likeness (QED) is 0.152. The molecule has 10 aromatic rings. The van der Waals surface area contributed by atoms with Crippen molar-refractivity contribution in [2.75, 3.05) is 4.90 Å². The van der Waals surface area contributed by atoms with Gasteiger partial charge in [-0.15, -0.1) is 0 Å². The lowest BCUT2D eigenvalue weighted by Crippen LogP contribution is -2.12. The molecule has 0 aliphatic rings. The highest BCUT2D eigenvalue weighted by Crippen LogP contribution is 2.49. The van der Waals surface area contributed by atoms with E-state index in [1.165, 1.54) is 55.3 Å². The first-order valence-corrected chi connectivity index (χ1v) is 19.2. The molecule has 0 saturated heterocycles. The van der Waals surface area contributed by atoms with Crippen molar-refractivity contribution < 1.29 is 0 Å². The Morgan fingerprint density at radius 2 is 0.821 bits per heavy atom. The number of benzene rings is 9. The summed E-state index contributed by atoms with van der Waals surface area (Å²) in [7, 11) is 0. The Morgan fingerprint density at radius 1 is 0.321 bits per heavy atom. The fourth-order valence-electron chi connectivity index (χ4n) is 8.34. The minimum Gasteiger partial charge on any atom is -0.309 e. The normalized spacial score (nSPS) is 11.2.